The first kappa shape index (κ1) is 14.3. The number of fused-ring (bicyclic) bond motifs is 2. The average molecular weight is 327 g/mol. The van der Waals surface area contributed by atoms with Crippen molar-refractivity contribution in [2.24, 2.45) is 0 Å². The van der Waals surface area contributed by atoms with Gasteiger partial charge in [0.25, 0.3) is 5.56 Å². The number of para-hydroxylation sites is 1. The maximum absolute atomic E-state index is 13.0. The average Bonchev–Trinajstić information content (AvgIpc) is 2.98. The Morgan fingerprint density at radius 1 is 1.22 bits per heavy atom. The molecule has 1 aliphatic heterocycles. The molecule has 0 saturated heterocycles. The molecular formula is C17H14FN3OS. The first-order valence-electron chi connectivity index (χ1n) is 7.36. The summed E-state index contributed by atoms with van der Waals surface area (Å²) in [6, 6.07) is 13.8. The maximum Gasteiger partial charge on any atom is 0.263 e. The molecule has 116 valence electrons. The van der Waals surface area contributed by atoms with Gasteiger partial charge in [-0.25, -0.2) is 9.37 Å². The quantitative estimate of drug-likeness (QED) is 0.750. The van der Waals surface area contributed by atoms with Crippen LogP contribution in [-0.2, 0) is 0 Å². The monoisotopic (exact) mass is 327 g/mol. The van der Waals surface area contributed by atoms with Crippen LogP contribution in [0.3, 0.4) is 0 Å². The smallest absolute Gasteiger partial charge is 0.263 e. The molecule has 3 aromatic rings. The molecule has 1 N–H and O–H groups in total. The fraction of sp³-hybridized carbons (Fsp3) is 0.176. The largest absolute Gasteiger partial charge is 0.353 e. The molecule has 1 aromatic heterocycles. The molecule has 0 spiro atoms. The van der Waals surface area contributed by atoms with E-state index in [0.717, 1.165) is 10.6 Å². The Balaban J connectivity index is 1.63. The van der Waals surface area contributed by atoms with Gasteiger partial charge in [-0.15, -0.1) is 11.8 Å². The van der Waals surface area contributed by atoms with Gasteiger partial charge in [-0.2, -0.15) is 0 Å². The van der Waals surface area contributed by atoms with Crippen molar-refractivity contribution in [2.75, 3.05) is 17.6 Å². The standard InChI is InChI=1S/C17H14FN3OS/c18-11-5-7-13(8-6-11)23-10-12-9-19-17-20-15-4-2-1-3-14(15)16(22)21(12)17/h1-8,12H,9-10H2,(H,19,20)/t12-/m0/s1. The van der Waals surface area contributed by atoms with E-state index in [0.29, 0.717) is 23.4 Å². The molecule has 0 fully saturated rings. The summed E-state index contributed by atoms with van der Waals surface area (Å²) in [4.78, 5) is 18.2. The number of hydrogen-bond donors (Lipinski definition) is 1. The van der Waals surface area contributed by atoms with Gasteiger partial charge in [-0.3, -0.25) is 9.36 Å². The lowest BCUT2D eigenvalue weighted by molar-refractivity contribution is 0.618. The van der Waals surface area contributed by atoms with Crippen LogP contribution in [0.15, 0.2) is 58.2 Å². The van der Waals surface area contributed by atoms with Gasteiger partial charge in [0.15, 0.2) is 0 Å². The molecule has 0 amide bonds. The third-order valence-electron chi connectivity index (χ3n) is 3.92. The van der Waals surface area contributed by atoms with Gasteiger partial charge in [-0.05, 0) is 36.4 Å². The lowest BCUT2D eigenvalue weighted by Gasteiger charge is -2.12. The summed E-state index contributed by atoms with van der Waals surface area (Å²) >= 11 is 1.61. The molecule has 4 rings (SSSR count). The Morgan fingerprint density at radius 3 is 2.83 bits per heavy atom. The number of rotatable bonds is 3. The van der Waals surface area contributed by atoms with Gasteiger partial charge in [0.05, 0.1) is 16.9 Å². The molecule has 1 atom stereocenters. The molecule has 4 nitrogen and oxygen atoms in total. The second-order valence-electron chi connectivity index (χ2n) is 5.43. The predicted octanol–water partition coefficient (Wildman–Crippen LogP) is 3.29. The van der Waals surface area contributed by atoms with Crippen molar-refractivity contribution in [1.82, 2.24) is 9.55 Å². The fourth-order valence-electron chi connectivity index (χ4n) is 2.77. The summed E-state index contributed by atoms with van der Waals surface area (Å²) in [5.74, 6) is 1.11. The van der Waals surface area contributed by atoms with Crippen LogP contribution in [0.2, 0.25) is 0 Å². The van der Waals surface area contributed by atoms with Crippen molar-refractivity contribution in [2.45, 2.75) is 10.9 Å². The number of benzene rings is 2. The molecule has 0 aliphatic carbocycles. The van der Waals surface area contributed by atoms with Crippen LogP contribution in [0, 0.1) is 5.82 Å². The normalized spacial score (nSPS) is 16.3. The molecule has 0 unspecified atom stereocenters. The van der Waals surface area contributed by atoms with E-state index in [9.17, 15) is 9.18 Å². The summed E-state index contributed by atoms with van der Waals surface area (Å²) in [6.07, 6.45) is 0. The zero-order valence-electron chi connectivity index (χ0n) is 12.2. The summed E-state index contributed by atoms with van der Waals surface area (Å²) in [5, 5.41) is 3.84. The van der Waals surface area contributed by atoms with Crippen LogP contribution < -0.4 is 10.9 Å². The second kappa shape index (κ2) is 5.70. The Bertz CT molecular complexity index is 923. The Kier molecular flexibility index (Phi) is 3.53. The van der Waals surface area contributed by atoms with Crippen molar-refractivity contribution in [3.63, 3.8) is 0 Å². The fourth-order valence-corrected chi connectivity index (χ4v) is 3.75. The second-order valence-corrected chi connectivity index (χ2v) is 6.52. The van der Waals surface area contributed by atoms with Gasteiger partial charge in [0.2, 0.25) is 5.95 Å². The number of thioether (sulfide) groups is 1. The number of nitrogens with zero attached hydrogens (tertiary/aromatic N) is 2. The zero-order valence-corrected chi connectivity index (χ0v) is 13.0. The van der Waals surface area contributed by atoms with Crippen molar-refractivity contribution < 1.29 is 4.39 Å². The van der Waals surface area contributed by atoms with Crippen LogP contribution >= 0.6 is 11.8 Å². The number of halogens is 1. The number of nitrogens with one attached hydrogen (secondary N) is 1. The highest BCUT2D eigenvalue weighted by molar-refractivity contribution is 7.99. The van der Waals surface area contributed by atoms with E-state index in [2.05, 4.69) is 10.3 Å². The van der Waals surface area contributed by atoms with Crippen LogP contribution in [-0.4, -0.2) is 21.8 Å². The first-order chi connectivity index (χ1) is 11.2. The van der Waals surface area contributed by atoms with E-state index >= 15 is 0 Å². The SMILES string of the molecule is O=c1c2ccccc2nc2n1[C@H](CSc1ccc(F)cc1)CN2. The highest BCUT2D eigenvalue weighted by Crippen LogP contribution is 2.28. The van der Waals surface area contributed by atoms with Crippen LogP contribution in [0.4, 0.5) is 10.3 Å². The zero-order chi connectivity index (χ0) is 15.8. The summed E-state index contributed by atoms with van der Waals surface area (Å²) in [6.45, 7) is 0.673. The lowest BCUT2D eigenvalue weighted by Crippen LogP contribution is -2.24. The van der Waals surface area contributed by atoms with Gasteiger partial charge in [0.1, 0.15) is 5.82 Å². The lowest BCUT2D eigenvalue weighted by atomic mass is 10.2. The number of anilines is 1. The van der Waals surface area contributed by atoms with E-state index in [1.807, 2.05) is 18.2 Å². The molecule has 0 bridgehead atoms. The van der Waals surface area contributed by atoms with Crippen molar-refractivity contribution in [3.8, 4) is 0 Å². The van der Waals surface area contributed by atoms with Crippen LogP contribution in [0.1, 0.15) is 6.04 Å². The first-order valence-corrected chi connectivity index (χ1v) is 8.34. The Labute approximate surface area is 136 Å². The van der Waals surface area contributed by atoms with E-state index in [1.54, 1.807) is 34.5 Å². The number of hydrogen-bond acceptors (Lipinski definition) is 4. The van der Waals surface area contributed by atoms with E-state index in [1.165, 1.54) is 12.1 Å². The molecule has 23 heavy (non-hydrogen) atoms. The number of aromatic nitrogens is 2. The summed E-state index contributed by atoms with van der Waals surface area (Å²) < 4.78 is 14.7. The van der Waals surface area contributed by atoms with Crippen molar-refractivity contribution in [3.05, 3.63) is 64.7 Å². The van der Waals surface area contributed by atoms with E-state index < -0.39 is 0 Å². The van der Waals surface area contributed by atoms with Gasteiger partial charge < -0.3 is 5.32 Å². The third kappa shape index (κ3) is 2.59. The molecule has 1 aliphatic rings. The Morgan fingerprint density at radius 2 is 2.00 bits per heavy atom. The maximum atomic E-state index is 13.0. The minimum Gasteiger partial charge on any atom is -0.353 e. The predicted molar refractivity (Wildman–Crippen MR) is 90.7 cm³/mol. The molecular weight excluding hydrogens is 313 g/mol. The van der Waals surface area contributed by atoms with Crippen LogP contribution in [0.25, 0.3) is 10.9 Å². The third-order valence-corrected chi connectivity index (χ3v) is 5.08. The molecule has 2 heterocycles. The summed E-state index contributed by atoms with van der Waals surface area (Å²) in [7, 11) is 0. The topological polar surface area (TPSA) is 46.9 Å². The van der Waals surface area contributed by atoms with Gasteiger partial charge in [-0.1, -0.05) is 12.1 Å². The van der Waals surface area contributed by atoms with Gasteiger partial charge >= 0.3 is 0 Å². The van der Waals surface area contributed by atoms with Gasteiger partial charge in [0, 0.05) is 17.2 Å². The molecule has 6 heteroatoms. The van der Waals surface area contributed by atoms with Crippen LogP contribution in [0.5, 0.6) is 0 Å². The van der Waals surface area contributed by atoms with E-state index in [-0.39, 0.29) is 17.4 Å². The Hall–Kier alpha value is -2.34. The van der Waals surface area contributed by atoms with E-state index in [4.69, 9.17) is 0 Å². The molecule has 0 radical (unpaired) electrons. The van der Waals surface area contributed by atoms with Crippen molar-refractivity contribution >= 4 is 28.6 Å². The molecule has 2 aromatic carbocycles. The molecule has 0 saturated carbocycles. The minimum absolute atomic E-state index is 0.0136. The minimum atomic E-state index is -0.242. The highest BCUT2D eigenvalue weighted by atomic mass is 32.2. The summed E-state index contributed by atoms with van der Waals surface area (Å²) in [5.41, 5.74) is 0.698. The van der Waals surface area contributed by atoms with Crippen molar-refractivity contribution in [1.29, 1.82) is 0 Å². The highest BCUT2D eigenvalue weighted by Gasteiger charge is 2.25.